The van der Waals surface area contributed by atoms with E-state index < -0.39 is 14.9 Å². The summed E-state index contributed by atoms with van der Waals surface area (Å²) in [5.41, 5.74) is 0.992. The predicted molar refractivity (Wildman–Crippen MR) is 101 cm³/mol. The summed E-state index contributed by atoms with van der Waals surface area (Å²) in [5, 5.41) is 16.3. The number of halogens is 1. The first kappa shape index (κ1) is 20.2. The summed E-state index contributed by atoms with van der Waals surface area (Å²) in [4.78, 5) is 12.1. The van der Waals surface area contributed by atoms with Crippen LogP contribution in [0.1, 0.15) is 18.4 Å². The Labute approximate surface area is 161 Å². The molecule has 2 N–H and O–H groups in total. The molecule has 28 heavy (non-hydrogen) atoms. The first-order chi connectivity index (χ1) is 13.2. The number of nitrogens with two attached hydrogens (primary N) is 1. The van der Waals surface area contributed by atoms with E-state index in [0.717, 1.165) is 11.6 Å². The van der Waals surface area contributed by atoms with Gasteiger partial charge in [0.05, 0.1) is 22.5 Å². The van der Waals surface area contributed by atoms with Gasteiger partial charge in [0.2, 0.25) is 10.0 Å². The topological polar surface area (TPSA) is 116 Å². The second-order valence-corrected chi connectivity index (χ2v) is 8.17. The van der Waals surface area contributed by atoms with Crippen molar-refractivity contribution in [2.24, 2.45) is 5.14 Å². The van der Waals surface area contributed by atoms with Crippen LogP contribution in [0, 0.1) is 15.9 Å². The number of benzene rings is 2. The molecule has 1 saturated heterocycles. The van der Waals surface area contributed by atoms with Crippen molar-refractivity contribution in [3.05, 3.63) is 64.0 Å². The average Bonchev–Trinajstić information content (AvgIpc) is 2.67. The molecule has 1 heterocycles. The molecular weight excluding hydrogens is 389 g/mol. The summed E-state index contributed by atoms with van der Waals surface area (Å²) in [7, 11) is -4.06. The number of rotatable bonds is 6. The zero-order valence-corrected chi connectivity index (χ0v) is 15.8. The fourth-order valence-electron chi connectivity index (χ4n) is 3.10. The highest BCUT2D eigenvalue weighted by atomic mass is 32.2. The molecule has 150 valence electrons. The molecule has 0 radical (unpaired) electrons. The zero-order chi connectivity index (χ0) is 20.3. The molecule has 1 aliphatic heterocycles. The van der Waals surface area contributed by atoms with E-state index in [-0.39, 0.29) is 22.5 Å². The van der Waals surface area contributed by atoms with Crippen LogP contribution in [-0.2, 0) is 21.4 Å². The van der Waals surface area contributed by atoms with E-state index in [4.69, 9.17) is 9.88 Å². The lowest BCUT2D eigenvalue weighted by Crippen LogP contribution is -2.37. The lowest BCUT2D eigenvalue weighted by Gasteiger charge is -2.33. The van der Waals surface area contributed by atoms with Crippen LogP contribution in [0.4, 0.5) is 15.8 Å². The third-order valence-electron chi connectivity index (χ3n) is 4.62. The van der Waals surface area contributed by atoms with Gasteiger partial charge in [-0.1, -0.05) is 12.1 Å². The lowest BCUT2D eigenvalue weighted by atomic mass is 10.1. The Balaban J connectivity index is 1.65. The highest BCUT2D eigenvalue weighted by molar-refractivity contribution is 7.89. The molecule has 2 aromatic carbocycles. The minimum atomic E-state index is -4.06. The second kappa shape index (κ2) is 8.21. The van der Waals surface area contributed by atoms with Gasteiger partial charge in [-0.05, 0) is 36.6 Å². The molecule has 0 spiro atoms. The molecule has 0 bridgehead atoms. The summed E-state index contributed by atoms with van der Waals surface area (Å²) < 4.78 is 42.0. The van der Waals surface area contributed by atoms with Crippen LogP contribution in [-0.4, -0.2) is 32.5 Å². The predicted octanol–water partition coefficient (Wildman–Crippen LogP) is 2.57. The van der Waals surface area contributed by atoms with Crippen LogP contribution in [0.15, 0.2) is 47.4 Å². The maximum Gasteiger partial charge on any atom is 0.272 e. The Hall–Kier alpha value is -2.56. The van der Waals surface area contributed by atoms with Crippen molar-refractivity contribution in [3.63, 3.8) is 0 Å². The number of hydrogen-bond acceptors (Lipinski definition) is 6. The summed E-state index contributed by atoms with van der Waals surface area (Å²) in [5.74, 6) is -0.298. The van der Waals surface area contributed by atoms with E-state index >= 15 is 0 Å². The third-order valence-corrected chi connectivity index (χ3v) is 5.51. The van der Waals surface area contributed by atoms with Crippen LogP contribution in [0.3, 0.4) is 0 Å². The Morgan fingerprint density at radius 3 is 2.39 bits per heavy atom. The highest BCUT2D eigenvalue weighted by Crippen LogP contribution is 2.29. The third kappa shape index (κ3) is 5.03. The van der Waals surface area contributed by atoms with Crippen molar-refractivity contribution in [1.29, 1.82) is 0 Å². The van der Waals surface area contributed by atoms with E-state index in [2.05, 4.69) is 0 Å². The lowest BCUT2D eigenvalue weighted by molar-refractivity contribution is -0.385. The standard InChI is InChI=1S/C18H20FN3O5S/c19-14-3-1-13(2-4-14)12-27-17-5-7-21(8-6-17)15-9-16(22(23)24)11-18(10-15)28(20,25)26/h1-4,9-11,17H,5-8,12H2,(H2,20,25,26). The van der Waals surface area contributed by atoms with Crippen LogP contribution < -0.4 is 10.0 Å². The van der Waals surface area contributed by atoms with Crippen molar-refractivity contribution in [2.45, 2.75) is 30.4 Å². The molecular formula is C18H20FN3O5S. The minimum absolute atomic E-state index is 0.00212. The van der Waals surface area contributed by atoms with E-state index in [1.54, 1.807) is 12.1 Å². The first-order valence-corrected chi connectivity index (χ1v) is 10.2. The van der Waals surface area contributed by atoms with Crippen molar-refractivity contribution in [2.75, 3.05) is 18.0 Å². The normalized spacial score (nSPS) is 15.6. The van der Waals surface area contributed by atoms with Crippen LogP contribution in [0.2, 0.25) is 0 Å². The monoisotopic (exact) mass is 409 g/mol. The summed E-state index contributed by atoms with van der Waals surface area (Å²) in [6, 6.07) is 9.75. The largest absolute Gasteiger partial charge is 0.373 e. The number of non-ortho nitro benzene ring substituents is 1. The molecule has 0 amide bonds. The Morgan fingerprint density at radius 2 is 1.82 bits per heavy atom. The van der Waals surface area contributed by atoms with Crippen molar-refractivity contribution in [1.82, 2.24) is 0 Å². The van der Waals surface area contributed by atoms with Gasteiger partial charge in [0, 0.05) is 30.9 Å². The maximum absolute atomic E-state index is 12.9. The zero-order valence-electron chi connectivity index (χ0n) is 15.0. The summed E-state index contributed by atoms with van der Waals surface area (Å²) >= 11 is 0. The van der Waals surface area contributed by atoms with Crippen molar-refractivity contribution < 1.29 is 22.5 Å². The van der Waals surface area contributed by atoms with Gasteiger partial charge in [-0.25, -0.2) is 17.9 Å². The molecule has 1 fully saturated rings. The first-order valence-electron chi connectivity index (χ1n) is 8.65. The number of anilines is 1. The van der Waals surface area contributed by atoms with Gasteiger partial charge in [0.25, 0.3) is 5.69 Å². The van der Waals surface area contributed by atoms with Crippen molar-refractivity contribution >= 4 is 21.4 Å². The van der Waals surface area contributed by atoms with Gasteiger partial charge in [0.1, 0.15) is 5.82 Å². The van der Waals surface area contributed by atoms with Gasteiger partial charge >= 0.3 is 0 Å². The molecule has 1 aliphatic rings. The minimum Gasteiger partial charge on any atom is -0.373 e. The smallest absolute Gasteiger partial charge is 0.272 e. The number of ether oxygens (including phenoxy) is 1. The number of hydrogen-bond donors (Lipinski definition) is 1. The van der Waals surface area contributed by atoms with Crippen molar-refractivity contribution in [3.8, 4) is 0 Å². The summed E-state index contributed by atoms with van der Waals surface area (Å²) in [6.45, 7) is 1.48. The van der Waals surface area contributed by atoms with Gasteiger partial charge in [0.15, 0.2) is 0 Å². The number of nitro benzene ring substituents is 1. The van der Waals surface area contributed by atoms with E-state index in [0.29, 0.717) is 38.2 Å². The number of piperidine rings is 1. The molecule has 3 rings (SSSR count). The van der Waals surface area contributed by atoms with Gasteiger partial charge in [-0.3, -0.25) is 10.1 Å². The van der Waals surface area contributed by atoms with Crippen LogP contribution >= 0.6 is 0 Å². The second-order valence-electron chi connectivity index (χ2n) is 6.61. The maximum atomic E-state index is 12.9. The fourth-order valence-corrected chi connectivity index (χ4v) is 3.67. The molecule has 10 heteroatoms. The fraction of sp³-hybridized carbons (Fsp3) is 0.333. The number of nitrogens with zero attached hydrogens (tertiary/aromatic N) is 2. The van der Waals surface area contributed by atoms with E-state index in [1.165, 1.54) is 24.3 Å². The molecule has 2 aromatic rings. The molecule has 0 unspecified atom stereocenters. The molecule has 0 atom stereocenters. The molecule has 0 aliphatic carbocycles. The van der Waals surface area contributed by atoms with Crippen LogP contribution in [0.25, 0.3) is 0 Å². The van der Waals surface area contributed by atoms with E-state index in [1.807, 2.05) is 4.90 Å². The number of primary sulfonamides is 1. The molecule has 8 nitrogen and oxygen atoms in total. The Morgan fingerprint density at radius 1 is 1.18 bits per heavy atom. The van der Waals surface area contributed by atoms with Crippen LogP contribution in [0.5, 0.6) is 0 Å². The average molecular weight is 409 g/mol. The van der Waals surface area contributed by atoms with Gasteiger partial charge < -0.3 is 9.64 Å². The Kier molecular flexibility index (Phi) is 5.92. The van der Waals surface area contributed by atoms with Gasteiger partial charge in [-0.2, -0.15) is 0 Å². The van der Waals surface area contributed by atoms with E-state index in [9.17, 15) is 22.9 Å². The quantitative estimate of drug-likeness (QED) is 0.579. The molecule has 0 saturated carbocycles. The summed E-state index contributed by atoms with van der Waals surface area (Å²) in [6.07, 6.45) is 1.35. The SMILES string of the molecule is NS(=O)(=O)c1cc(N2CCC(OCc3ccc(F)cc3)CC2)cc([N+](=O)[O-])c1. The highest BCUT2D eigenvalue weighted by Gasteiger charge is 2.23. The number of nitro groups is 1. The Bertz CT molecular complexity index is 958. The van der Waals surface area contributed by atoms with Gasteiger partial charge in [-0.15, -0.1) is 0 Å². The number of sulfonamides is 1. The molecule has 0 aromatic heterocycles.